The molecule has 0 heterocycles. The molecule has 0 aromatic carbocycles. The summed E-state index contributed by atoms with van der Waals surface area (Å²) in [6.07, 6.45) is 10.1. The van der Waals surface area contributed by atoms with Gasteiger partial charge in [-0.3, -0.25) is 0 Å². The van der Waals surface area contributed by atoms with Crippen molar-refractivity contribution in [3.05, 3.63) is 12.2 Å². The Morgan fingerprint density at radius 3 is 2.70 bits per heavy atom. The quantitative estimate of drug-likeness (QED) is 0.694. The zero-order valence-corrected chi connectivity index (χ0v) is 13.2. The van der Waals surface area contributed by atoms with Crippen LogP contribution in [0.25, 0.3) is 0 Å². The molecule has 0 aliphatic heterocycles. The highest BCUT2D eigenvalue weighted by Gasteiger charge is 2.52. The van der Waals surface area contributed by atoms with Crippen molar-refractivity contribution in [1.29, 1.82) is 0 Å². The monoisotopic (exact) mass is 281 g/mol. The summed E-state index contributed by atoms with van der Waals surface area (Å²) in [5.41, 5.74) is 5.92. The molecule has 3 nitrogen and oxygen atoms in total. The molecule has 20 heavy (non-hydrogen) atoms. The Labute approximate surface area is 123 Å². The average Bonchev–Trinajstić information content (AvgIpc) is 2.66. The highest BCUT2D eigenvalue weighted by Crippen LogP contribution is 2.56. The minimum atomic E-state index is -0.667. The lowest BCUT2D eigenvalue weighted by Crippen LogP contribution is -2.45. The van der Waals surface area contributed by atoms with E-state index >= 15 is 0 Å². The van der Waals surface area contributed by atoms with Crippen LogP contribution in [0.2, 0.25) is 0 Å². The Kier molecular flexibility index (Phi) is 4.63. The van der Waals surface area contributed by atoms with Gasteiger partial charge in [-0.25, -0.2) is 0 Å². The second-order valence-electron chi connectivity index (χ2n) is 7.78. The SMILES string of the molecule is CC(C)(O)C/C=C/[C@@H](N)C1CCC2C(O)CCCC21C. The second-order valence-corrected chi connectivity index (χ2v) is 7.78. The molecule has 0 saturated heterocycles. The lowest BCUT2D eigenvalue weighted by Gasteiger charge is -2.44. The normalized spacial score (nSPS) is 40.0. The summed E-state index contributed by atoms with van der Waals surface area (Å²) in [6.45, 7) is 5.95. The van der Waals surface area contributed by atoms with Crippen molar-refractivity contribution in [2.75, 3.05) is 0 Å². The molecular weight excluding hydrogens is 250 g/mol. The predicted molar refractivity (Wildman–Crippen MR) is 82.2 cm³/mol. The zero-order chi connectivity index (χ0) is 15.0. The van der Waals surface area contributed by atoms with Crippen LogP contribution in [-0.2, 0) is 0 Å². The fourth-order valence-electron chi connectivity index (χ4n) is 4.47. The second kappa shape index (κ2) is 5.78. The van der Waals surface area contributed by atoms with E-state index in [0.29, 0.717) is 18.3 Å². The largest absolute Gasteiger partial charge is 0.393 e. The third-order valence-electron chi connectivity index (χ3n) is 5.60. The molecule has 0 aromatic rings. The first-order valence-corrected chi connectivity index (χ1v) is 8.07. The van der Waals surface area contributed by atoms with Crippen LogP contribution in [-0.4, -0.2) is 28.0 Å². The lowest BCUT2D eigenvalue weighted by molar-refractivity contribution is -0.0188. The number of aliphatic hydroxyl groups excluding tert-OH is 1. The Bertz CT molecular complexity index is 360. The van der Waals surface area contributed by atoms with Crippen molar-refractivity contribution in [2.45, 2.75) is 77.0 Å². The van der Waals surface area contributed by atoms with Gasteiger partial charge in [-0.2, -0.15) is 0 Å². The number of rotatable bonds is 4. The molecule has 0 amide bonds. The smallest absolute Gasteiger partial charge is 0.0626 e. The summed E-state index contributed by atoms with van der Waals surface area (Å²) in [5.74, 6) is 0.885. The molecule has 116 valence electrons. The molecule has 2 aliphatic rings. The number of hydrogen-bond donors (Lipinski definition) is 3. The van der Waals surface area contributed by atoms with E-state index in [4.69, 9.17) is 5.73 Å². The van der Waals surface area contributed by atoms with E-state index in [0.717, 1.165) is 25.7 Å². The molecule has 0 bridgehead atoms. The molecule has 2 aliphatic carbocycles. The Morgan fingerprint density at radius 1 is 1.35 bits per heavy atom. The first-order valence-electron chi connectivity index (χ1n) is 8.07. The van der Waals surface area contributed by atoms with Gasteiger partial charge < -0.3 is 15.9 Å². The van der Waals surface area contributed by atoms with Gasteiger partial charge in [-0.05, 0) is 63.2 Å². The maximum Gasteiger partial charge on any atom is 0.0626 e. The lowest BCUT2D eigenvalue weighted by atomic mass is 9.63. The van der Waals surface area contributed by atoms with Crippen LogP contribution in [0.1, 0.15) is 59.3 Å². The first kappa shape index (κ1) is 16.0. The highest BCUT2D eigenvalue weighted by atomic mass is 16.3. The van der Waals surface area contributed by atoms with Crippen molar-refractivity contribution in [3.8, 4) is 0 Å². The van der Waals surface area contributed by atoms with E-state index in [1.165, 1.54) is 6.42 Å². The van der Waals surface area contributed by atoms with Gasteiger partial charge in [-0.1, -0.05) is 25.5 Å². The molecule has 0 radical (unpaired) electrons. The maximum atomic E-state index is 10.2. The number of hydrogen-bond acceptors (Lipinski definition) is 3. The molecular formula is C17H31NO2. The summed E-state index contributed by atoms with van der Waals surface area (Å²) in [6, 6.07) is 0.0395. The summed E-state index contributed by atoms with van der Waals surface area (Å²) in [7, 11) is 0. The zero-order valence-electron chi connectivity index (χ0n) is 13.2. The summed E-state index contributed by atoms with van der Waals surface area (Å²) >= 11 is 0. The van der Waals surface area contributed by atoms with Gasteiger partial charge >= 0.3 is 0 Å². The van der Waals surface area contributed by atoms with Crippen LogP contribution in [0.4, 0.5) is 0 Å². The topological polar surface area (TPSA) is 66.5 Å². The van der Waals surface area contributed by atoms with Gasteiger partial charge in [-0.15, -0.1) is 0 Å². The standard InChI is InChI=1S/C17H31NO2/c1-16(2,20)10-4-6-14(18)12-8-9-13-15(19)7-5-11-17(12,13)3/h4,6,12-15,19-20H,5,7-11,18H2,1-3H3/b6-4+/t12?,13?,14-,15?,17?/m1/s1. The summed E-state index contributed by atoms with van der Waals surface area (Å²) < 4.78 is 0. The molecule has 4 unspecified atom stereocenters. The van der Waals surface area contributed by atoms with Crippen LogP contribution < -0.4 is 5.73 Å². The minimum absolute atomic E-state index is 0.0395. The third-order valence-corrected chi connectivity index (χ3v) is 5.60. The molecule has 0 aromatic heterocycles. The van der Waals surface area contributed by atoms with E-state index < -0.39 is 5.60 Å². The molecule has 2 rings (SSSR count). The van der Waals surface area contributed by atoms with Gasteiger partial charge in [0.1, 0.15) is 0 Å². The van der Waals surface area contributed by atoms with Gasteiger partial charge in [0.25, 0.3) is 0 Å². The van der Waals surface area contributed by atoms with E-state index in [9.17, 15) is 10.2 Å². The maximum absolute atomic E-state index is 10.2. The number of aliphatic hydroxyl groups is 2. The van der Waals surface area contributed by atoms with Crippen molar-refractivity contribution < 1.29 is 10.2 Å². The molecule has 0 spiro atoms. The van der Waals surface area contributed by atoms with Crippen LogP contribution in [0, 0.1) is 17.3 Å². The fourth-order valence-corrected chi connectivity index (χ4v) is 4.47. The van der Waals surface area contributed by atoms with Crippen molar-refractivity contribution in [2.24, 2.45) is 23.0 Å². The summed E-state index contributed by atoms with van der Waals surface area (Å²) in [5, 5.41) is 20.0. The highest BCUT2D eigenvalue weighted by molar-refractivity contribution is 5.08. The van der Waals surface area contributed by atoms with Crippen molar-refractivity contribution in [1.82, 2.24) is 0 Å². The Morgan fingerprint density at radius 2 is 2.05 bits per heavy atom. The number of nitrogens with two attached hydrogens (primary N) is 1. The van der Waals surface area contributed by atoms with Crippen molar-refractivity contribution in [3.63, 3.8) is 0 Å². The van der Waals surface area contributed by atoms with Crippen LogP contribution in [0.3, 0.4) is 0 Å². The van der Waals surface area contributed by atoms with E-state index in [1.807, 2.05) is 19.9 Å². The van der Waals surface area contributed by atoms with Gasteiger partial charge in [0, 0.05) is 6.04 Å². The van der Waals surface area contributed by atoms with Crippen molar-refractivity contribution >= 4 is 0 Å². The third kappa shape index (κ3) is 3.26. The van der Waals surface area contributed by atoms with E-state index in [1.54, 1.807) is 0 Å². The van der Waals surface area contributed by atoms with Gasteiger partial charge in [0.15, 0.2) is 0 Å². The average molecular weight is 281 g/mol. The molecule has 4 N–H and O–H groups in total. The van der Waals surface area contributed by atoms with Crippen LogP contribution in [0.15, 0.2) is 12.2 Å². The summed E-state index contributed by atoms with van der Waals surface area (Å²) in [4.78, 5) is 0. The van der Waals surface area contributed by atoms with E-state index in [-0.39, 0.29) is 17.6 Å². The number of fused-ring (bicyclic) bond motifs is 1. The molecule has 3 heteroatoms. The molecule has 2 saturated carbocycles. The first-order chi connectivity index (χ1) is 9.24. The van der Waals surface area contributed by atoms with Crippen LogP contribution >= 0.6 is 0 Å². The van der Waals surface area contributed by atoms with Crippen LogP contribution in [0.5, 0.6) is 0 Å². The van der Waals surface area contributed by atoms with E-state index in [2.05, 4.69) is 13.0 Å². The minimum Gasteiger partial charge on any atom is -0.393 e. The molecule has 5 atom stereocenters. The van der Waals surface area contributed by atoms with Gasteiger partial charge in [0.2, 0.25) is 0 Å². The fraction of sp³-hybridized carbons (Fsp3) is 0.882. The Balaban J connectivity index is 2.02. The van der Waals surface area contributed by atoms with Gasteiger partial charge in [0.05, 0.1) is 11.7 Å². The Hall–Kier alpha value is -0.380. The predicted octanol–water partition coefficient (Wildman–Crippen LogP) is 2.61. The molecule has 2 fully saturated rings.